The van der Waals surface area contributed by atoms with E-state index >= 15 is 0 Å². The smallest absolute Gasteiger partial charge is 0.303 e. The molecule has 0 bridgehead atoms. The molecule has 1 fully saturated rings. The summed E-state index contributed by atoms with van der Waals surface area (Å²) >= 11 is 0. The summed E-state index contributed by atoms with van der Waals surface area (Å²) in [5.74, 6) is -1.26. The number of nitro benzene ring substituents is 1. The Morgan fingerprint density at radius 3 is 2.67 bits per heavy atom. The predicted octanol–water partition coefficient (Wildman–Crippen LogP) is 0.865. The van der Waals surface area contributed by atoms with E-state index in [4.69, 9.17) is 5.11 Å². The van der Waals surface area contributed by atoms with Crippen LogP contribution in [0.25, 0.3) is 0 Å². The van der Waals surface area contributed by atoms with Crippen LogP contribution in [0.3, 0.4) is 0 Å². The number of nitrogens with one attached hydrogen (secondary N) is 1. The lowest BCUT2D eigenvalue weighted by Gasteiger charge is -2.40. The Labute approximate surface area is 120 Å². The molecule has 1 aromatic carbocycles. The number of aliphatic carboxylic acids is 1. The van der Waals surface area contributed by atoms with Crippen LogP contribution in [0.4, 0.5) is 11.4 Å². The second kappa shape index (κ2) is 5.78. The van der Waals surface area contributed by atoms with Crippen molar-refractivity contribution in [3.63, 3.8) is 0 Å². The van der Waals surface area contributed by atoms with Gasteiger partial charge in [-0.2, -0.15) is 0 Å². The Hall–Kier alpha value is -2.64. The van der Waals surface area contributed by atoms with E-state index in [0.717, 1.165) is 0 Å². The van der Waals surface area contributed by atoms with E-state index in [1.54, 1.807) is 4.90 Å². The first-order valence-corrected chi connectivity index (χ1v) is 6.39. The van der Waals surface area contributed by atoms with Crippen LogP contribution in [-0.2, 0) is 4.79 Å². The van der Waals surface area contributed by atoms with E-state index in [1.807, 2.05) is 0 Å². The average molecular weight is 293 g/mol. The van der Waals surface area contributed by atoms with Crippen molar-refractivity contribution in [1.82, 2.24) is 5.32 Å². The molecule has 1 aliphatic heterocycles. The van der Waals surface area contributed by atoms with Gasteiger partial charge in [0.2, 0.25) is 0 Å². The van der Waals surface area contributed by atoms with E-state index < -0.39 is 16.8 Å². The minimum atomic E-state index is -0.871. The van der Waals surface area contributed by atoms with Crippen molar-refractivity contribution in [1.29, 1.82) is 0 Å². The topological polar surface area (TPSA) is 113 Å². The summed E-state index contributed by atoms with van der Waals surface area (Å²) in [6.07, 6.45) is 0.0562. The van der Waals surface area contributed by atoms with Crippen molar-refractivity contribution in [2.24, 2.45) is 5.92 Å². The van der Waals surface area contributed by atoms with Crippen molar-refractivity contribution in [3.05, 3.63) is 33.9 Å². The number of benzene rings is 1. The van der Waals surface area contributed by atoms with Gasteiger partial charge in [0.25, 0.3) is 11.6 Å². The molecule has 8 nitrogen and oxygen atoms in total. The highest BCUT2D eigenvalue weighted by Crippen LogP contribution is 2.34. The molecule has 0 aromatic heterocycles. The standard InChI is InChI=1S/C13H15N3O5/c1-14-13(19)9-2-3-10(11(5-9)16(20)21)15-6-8(7-15)4-12(17)18/h2-3,5,8H,4,6-7H2,1H3,(H,14,19)(H,17,18). The fraction of sp³-hybridized carbons (Fsp3) is 0.385. The van der Waals surface area contributed by atoms with Crippen molar-refractivity contribution in [2.45, 2.75) is 6.42 Å². The average Bonchev–Trinajstić information content (AvgIpc) is 2.40. The number of amides is 1. The molecule has 0 aliphatic carbocycles. The van der Waals surface area contributed by atoms with Gasteiger partial charge in [-0.15, -0.1) is 0 Å². The monoisotopic (exact) mass is 293 g/mol. The maximum atomic E-state index is 11.5. The van der Waals surface area contributed by atoms with E-state index in [-0.39, 0.29) is 23.6 Å². The minimum Gasteiger partial charge on any atom is -0.481 e. The highest BCUT2D eigenvalue weighted by Gasteiger charge is 2.32. The number of nitro groups is 1. The van der Waals surface area contributed by atoms with Crippen LogP contribution in [0.1, 0.15) is 16.8 Å². The number of anilines is 1. The molecule has 1 saturated heterocycles. The lowest BCUT2D eigenvalue weighted by atomic mass is 9.95. The van der Waals surface area contributed by atoms with Gasteiger partial charge >= 0.3 is 5.97 Å². The summed E-state index contributed by atoms with van der Waals surface area (Å²) in [4.78, 5) is 34.5. The summed E-state index contributed by atoms with van der Waals surface area (Å²) in [5.41, 5.74) is 0.481. The number of hydrogen-bond donors (Lipinski definition) is 2. The third-order valence-electron chi connectivity index (χ3n) is 3.42. The summed E-state index contributed by atoms with van der Waals surface area (Å²) < 4.78 is 0. The summed E-state index contributed by atoms with van der Waals surface area (Å²) in [5, 5.41) is 22.3. The van der Waals surface area contributed by atoms with Gasteiger partial charge in [0, 0.05) is 37.7 Å². The highest BCUT2D eigenvalue weighted by molar-refractivity contribution is 5.95. The lowest BCUT2D eigenvalue weighted by molar-refractivity contribution is -0.384. The van der Waals surface area contributed by atoms with Gasteiger partial charge in [0.15, 0.2) is 0 Å². The van der Waals surface area contributed by atoms with Crippen LogP contribution in [0.2, 0.25) is 0 Å². The number of carbonyl (C=O) groups is 2. The van der Waals surface area contributed by atoms with Gasteiger partial charge in [-0.1, -0.05) is 0 Å². The molecule has 1 heterocycles. The number of hydrogen-bond acceptors (Lipinski definition) is 5. The maximum absolute atomic E-state index is 11.5. The molecule has 1 amide bonds. The van der Waals surface area contributed by atoms with Gasteiger partial charge < -0.3 is 15.3 Å². The predicted molar refractivity (Wildman–Crippen MR) is 74.4 cm³/mol. The Bertz CT molecular complexity index is 595. The zero-order valence-electron chi connectivity index (χ0n) is 11.4. The normalized spacial score (nSPS) is 14.4. The van der Waals surface area contributed by atoms with Gasteiger partial charge in [-0.3, -0.25) is 19.7 Å². The Kier molecular flexibility index (Phi) is 4.06. The summed E-state index contributed by atoms with van der Waals surface area (Å²) in [6.45, 7) is 0.929. The first kappa shape index (κ1) is 14.8. The first-order chi connectivity index (χ1) is 9.92. The Balaban J connectivity index is 2.19. The Morgan fingerprint density at radius 1 is 1.48 bits per heavy atom. The summed E-state index contributed by atoms with van der Waals surface area (Å²) in [6, 6.07) is 4.28. The number of carboxylic acid groups (broad SMARTS) is 1. The van der Waals surface area contributed by atoms with Crippen LogP contribution in [0.15, 0.2) is 18.2 Å². The van der Waals surface area contributed by atoms with Crippen molar-refractivity contribution >= 4 is 23.3 Å². The van der Waals surface area contributed by atoms with Crippen LogP contribution in [0, 0.1) is 16.0 Å². The number of nitrogens with zero attached hydrogens (tertiary/aromatic N) is 2. The highest BCUT2D eigenvalue weighted by atomic mass is 16.6. The number of rotatable bonds is 5. The van der Waals surface area contributed by atoms with Crippen LogP contribution >= 0.6 is 0 Å². The molecule has 8 heteroatoms. The molecule has 2 N–H and O–H groups in total. The molecule has 112 valence electrons. The molecular formula is C13H15N3O5. The lowest BCUT2D eigenvalue weighted by Crippen LogP contribution is -2.47. The number of carbonyl (C=O) groups excluding carboxylic acids is 1. The van der Waals surface area contributed by atoms with E-state index in [2.05, 4.69) is 5.32 Å². The van der Waals surface area contributed by atoms with Gasteiger partial charge in [0.05, 0.1) is 11.3 Å². The molecule has 2 rings (SSSR count). The molecule has 21 heavy (non-hydrogen) atoms. The minimum absolute atomic E-state index is 0.000668. The van der Waals surface area contributed by atoms with Gasteiger partial charge in [-0.05, 0) is 12.1 Å². The molecule has 1 aromatic rings. The Morgan fingerprint density at radius 2 is 2.14 bits per heavy atom. The van der Waals surface area contributed by atoms with E-state index in [0.29, 0.717) is 18.8 Å². The van der Waals surface area contributed by atoms with Crippen molar-refractivity contribution in [2.75, 3.05) is 25.0 Å². The largest absolute Gasteiger partial charge is 0.481 e. The maximum Gasteiger partial charge on any atom is 0.303 e. The van der Waals surface area contributed by atoms with Crippen LogP contribution in [-0.4, -0.2) is 42.0 Å². The molecule has 1 aliphatic rings. The first-order valence-electron chi connectivity index (χ1n) is 6.39. The SMILES string of the molecule is CNC(=O)c1ccc(N2CC(CC(=O)O)C2)c([N+](=O)[O-])c1. The number of carboxylic acids is 1. The molecule has 0 radical (unpaired) electrons. The third-order valence-corrected chi connectivity index (χ3v) is 3.42. The fourth-order valence-electron chi connectivity index (χ4n) is 2.37. The van der Waals surface area contributed by atoms with Crippen LogP contribution in [0.5, 0.6) is 0 Å². The second-order valence-electron chi connectivity index (χ2n) is 4.91. The molecule has 0 saturated carbocycles. The van der Waals surface area contributed by atoms with Crippen molar-refractivity contribution in [3.8, 4) is 0 Å². The molecule has 0 spiro atoms. The van der Waals surface area contributed by atoms with Gasteiger partial charge in [-0.25, -0.2) is 0 Å². The zero-order valence-corrected chi connectivity index (χ0v) is 11.4. The molecule has 0 atom stereocenters. The van der Waals surface area contributed by atoms with E-state index in [9.17, 15) is 19.7 Å². The van der Waals surface area contributed by atoms with Crippen molar-refractivity contribution < 1.29 is 19.6 Å². The van der Waals surface area contributed by atoms with Gasteiger partial charge in [0.1, 0.15) is 5.69 Å². The summed E-state index contributed by atoms with van der Waals surface area (Å²) in [7, 11) is 1.45. The van der Waals surface area contributed by atoms with E-state index in [1.165, 1.54) is 25.2 Å². The molecular weight excluding hydrogens is 278 g/mol. The quantitative estimate of drug-likeness (QED) is 0.615. The fourth-order valence-corrected chi connectivity index (χ4v) is 2.37. The molecule has 0 unspecified atom stereocenters. The van der Waals surface area contributed by atoms with Crippen LogP contribution < -0.4 is 10.2 Å². The second-order valence-corrected chi connectivity index (χ2v) is 4.91. The zero-order chi connectivity index (χ0) is 15.6. The third kappa shape index (κ3) is 3.10.